The van der Waals surface area contributed by atoms with Crippen LogP contribution in [0.15, 0.2) is 39.2 Å². The number of benzene rings is 1. The van der Waals surface area contributed by atoms with Gasteiger partial charge in [-0.15, -0.1) is 0 Å². The molecule has 0 saturated heterocycles. The van der Waals surface area contributed by atoms with Gasteiger partial charge in [-0.1, -0.05) is 6.92 Å². The Balaban J connectivity index is 2.24. The van der Waals surface area contributed by atoms with Crippen LogP contribution in [0, 0.1) is 10.1 Å². The maximum atomic E-state index is 10.7. The molecule has 0 bridgehead atoms. The normalized spacial score (nSPS) is 10.6. The Hall–Kier alpha value is -1.66. The number of hydrogen-bond donors (Lipinski definition) is 1. The van der Waals surface area contributed by atoms with E-state index in [2.05, 4.69) is 21.2 Å². The average molecular weight is 325 g/mol. The van der Waals surface area contributed by atoms with Crippen LogP contribution in [0.25, 0.3) is 11.3 Å². The molecule has 100 valence electrons. The number of nitrogens with one attached hydrogen (secondary N) is 1. The molecule has 0 radical (unpaired) electrons. The molecule has 2 rings (SSSR count). The SMILES string of the molecule is CCNCc1ccc(-c2ccc([N+](=O)[O-])c(Br)c2)o1. The van der Waals surface area contributed by atoms with Gasteiger partial charge >= 0.3 is 0 Å². The predicted molar refractivity (Wildman–Crippen MR) is 75.9 cm³/mol. The Morgan fingerprint density at radius 2 is 2.16 bits per heavy atom. The fourth-order valence-corrected chi connectivity index (χ4v) is 2.21. The van der Waals surface area contributed by atoms with Crippen LogP contribution in [-0.4, -0.2) is 11.5 Å². The first-order chi connectivity index (χ1) is 9.11. The van der Waals surface area contributed by atoms with Crippen molar-refractivity contribution in [1.29, 1.82) is 0 Å². The quantitative estimate of drug-likeness (QED) is 0.672. The minimum atomic E-state index is -0.424. The van der Waals surface area contributed by atoms with Crippen LogP contribution in [0.4, 0.5) is 5.69 Å². The van der Waals surface area contributed by atoms with Crippen LogP contribution < -0.4 is 5.32 Å². The lowest BCUT2D eigenvalue weighted by Crippen LogP contribution is -2.10. The molecule has 0 aliphatic carbocycles. The van der Waals surface area contributed by atoms with Crippen LogP contribution in [-0.2, 0) is 6.54 Å². The smallest absolute Gasteiger partial charge is 0.283 e. The van der Waals surface area contributed by atoms with Crippen LogP contribution in [0.2, 0.25) is 0 Å². The Morgan fingerprint density at radius 3 is 2.79 bits per heavy atom. The molecule has 5 nitrogen and oxygen atoms in total. The number of hydrogen-bond acceptors (Lipinski definition) is 4. The summed E-state index contributed by atoms with van der Waals surface area (Å²) in [5, 5.41) is 13.9. The van der Waals surface area contributed by atoms with E-state index >= 15 is 0 Å². The molecular formula is C13H13BrN2O3. The first kappa shape index (κ1) is 13.8. The molecule has 1 aromatic carbocycles. The zero-order valence-corrected chi connectivity index (χ0v) is 11.9. The maximum Gasteiger partial charge on any atom is 0.283 e. The van der Waals surface area contributed by atoms with Crippen LogP contribution in [0.1, 0.15) is 12.7 Å². The molecule has 1 N–H and O–H groups in total. The van der Waals surface area contributed by atoms with Gasteiger partial charge in [0.05, 0.1) is 15.9 Å². The molecule has 19 heavy (non-hydrogen) atoms. The van der Waals surface area contributed by atoms with Gasteiger partial charge < -0.3 is 9.73 Å². The largest absolute Gasteiger partial charge is 0.460 e. The van der Waals surface area contributed by atoms with Crippen molar-refractivity contribution in [3.63, 3.8) is 0 Å². The Morgan fingerprint density at radius 1 is 1.37 bits per heavy atom. The molecule has 0 saturated carbocycles. The summed E-state index contributed by atoms with van der Waals surface area (Å²) in [5.41, 5.74) is 0.850. The minimum absolute atomic E-state index is 0.0446. The summed E-state index contributed by atoms with van der Waals surface area (Å²) in [6.07, 6.45) is 0. The third kappa shape index (κ3) is 3.21. The standard InChI is InChI=1S/C13H13BrN2O3/c1-2-15-8-10-4-6-13(19-10)9-3-5-12(16(17)18)11(14)7-9/h3-7,15H,2,8H2,1H3. The Labute approximate surface area is 118 Å². The Bertz CT molecular complexity index is 595. The van der Waals surface area contributed by atoms with Crippen molar-refractivity contribution in [1.82, 2.24) is 5.32 Å². The number of nitro groups is 1. The first-order valence-electron chi connectivity index (χ1n) is 5.85. The van der Waals surface area contributed by atoms with E-state index in [0.717, 1.165) is 17.9 Å². The molecule has 0 amide bonds. The molecule has 2 aromatic rings. The van der Waals surface area contributed by atoms with Gasteiger partial charge in [0.25, 0.3) is 5.69 Å². The maximum absolute atomic E-state index is 10.7. The van der Waals surface area contributed by atoms with Crippen molar-refractivity contribution < 1.29 is 9.34 Å². The number of nitro benzene ring substituents is 1. The second kappa shape index (κ2) is 5.99. The van der Waals surface area contributed by atoms with E-state index in [1.54, 1.807) is 12.1 Å². The summed E-state index contributed by atoms with van der Waals surface area (Å²) in [6.45, 7) is 3.57. The molecule has 0 fully saturated rings. The van der Waals surface area contributed by atoms with Gasteiger partial charge in [-0.3, -0.25) is 10.1 Å². The number of rotatable bonds is 5. The third-order valence-corrected chi connectivity index (χ3v) is 3.27. The molecular weight excluding hydrogens is 312 g/mol. The van der Waals surface area contributed by atoms with Crippen molar-refractivity contribution in [2.24, 2.45) is 0 Å². The highest BCUT2D eigenvalue weighted by Gasteiger charge is 2.13. The fourth-order valence-electron chi connectivity index (χ4n) is 1.68. The zero-order chi connectivity index (χ0) is 13.8. The molecule has 6 heteroatoms. The van der Waals surface area contributed by atoms with Crippen molar-refractivity contribution >= 4 is 21.6 Å². The summed E-state index contributed by atoms with van der Waals surface area (Å²) >= 11 is 3.20. The van der Waals surface area contributed by atoms with Crippen molar-refractivity contribution in [3.05, 3.63) is 50.7 Å². The number of furan rings is 1. The monoisotopic (exact) mass is 324 g/mol. The molecule has 0 atom stereocenters. The lowest BCUT2D eigenvalue weighted by Gasteiger charge is -2.00. The number of nitrogens with zero attached hydrogens (tertiary/aromatic N) is 1. The predicted octanol–water partition coefficient (Wildman–Crippen LogP) is 3.73. The van der Waals surface area contributed by atoms with Gasteiger partial charge in [0.15, 0.2) is 0 Å². The number of halogens is 1. The first-order valence-corrected chi connectivity index (χ1v) is 6.65. The summed E-state index contributed by atoms with van der Waals surface area (Å²) in [4.78, 5) is 10.3. The second-order valence-corrected chi connectivity index (χ2v) is 4.82. The summed E-state index contributed by atoms with van der Waals surface area (Å²) in [5.74, 6) is 1.54. The van der Waals surface area contributed by atoms with Gasteiger partial charge in [0.1, 0.15) is 11.5 Å². The van der Waals surface area contributed by atoms with Crippen molar-refractivity contribution in [3.8, 4) is 11.3 Å². The van der Waals surface area contributed by atoms with E-state index in [-0.39, 0.29) is 5.69 Å². The van der Waals surface area contributed by atoms with Crippen LogP contribution in [0.5, 0.6) is 0 Å². The zero-order valence-electron chi connectivity index (χ0n) is 10.4. The molecule has 0 aliphatic heterocycles. The van der Waals surface area contributed by atoms with E-state index in [1.165, 1.54) is 6.07 Å². The fraction of sp³-hybridized carbons (Fsp3) is 0.231. The topological polar surface area (TPSA) is 68.3 Å². The van der Waals surface area contributed by atoms with Gasteiger partial charge in [-0.25, -0.2) is 0 Å². The van der Waals surface area contributed by atoms with Gasteiger partial charge in [-0.05, 0) is 46.7 Å². The molecule has 0 aliphatic rings. The Kier molecular flexibility index (Phi) is 4.34. The summed E-state index contributed by atoms with van der Waals surface area (Å²) < 4.78 is 6.12. The van der Waals surface area contributed by atoms with Crippen LogP contribution >= 0.6 is 15.9 Å². The van der Waals surface area contributed by atoms with Gasteiger partial charge in [-0.2, -0.15) is 0 Å². The highest BCUT2D eigenvalue weighted by molar-refractivity contribution is 9.10. The summed E-state index contributed by atoms with van der Waals surface area (Å²) in [7, 11) is 0. The van der Waals surface area contributed by atoms with E-state index in [9.17, 15) is 10.1 Å². The van der Waals surface area contributed by atoms with E-state index in [0.29, 0.717) is 16.8 Å². The third-order valence-electron chi connectivity index (χ3n) is 2.64. The van der Waals surface area contributed by atoms with E-state index < -0.39 is 4.92 Å². The average Bonchev–Trinajstić information content (AvgIpc) is 2.84. The molecule has 1 heterocycles. The minimum Gasteiger partial charge on any atom is -0.460 e. The summed E-state index contributed by atoms with van der Waals surface area (Å²) in [6, 6.07) is 8.59. The second-order valence-electron chi connectivity index (χ2n) is 3.97. The molecule has 1 aromatic heterocycles. The van der Waals surface area contributed by atoms with Crippen LogP contribution in [0.3, 0.4) is 0 Å². The lowest BCUT2D eigenvalue weighted by atomic mass is 10.1. The molecule has 0 unspecified atom stereocenters. The molecule has 0 spiro atoms. The van der Waals surface area contributed by atoms with Gasteiger partial charge in [0, 0.05) is 11.6 Å². The highest BCUT2D eigenvalue weighted by atomic mass is 79.9. The van der Waals surface area contributed by atoms with Crippen molar-refractivity contribution in [2.75, 3.05) is 6.54 Å². The van der Waals surface area contributed by atoms with Crippen molar-refractivity contribution in [2.45, 2.75) is 13.5 Å². The lowest BCUT2D eigenvalue weighted by molar-refractivity contribution is -0.385. The van der Waals surface area contributed by atoms with Gasteiger partial charge in [0.2, 0.25) is 0 Å². The highest BCUT2D eigenvalue weighted by Crippen LogP contribution is 2.31. The van der Waals surface area contributed by atoms with E-state index in [4.69, 9.17) is 4.42 Å². The van der Waals surface area contributed by atoms with E-state index in [1.807, 2.05) is 19.1 Å².